The summed E-state index contributed by atoms with van der Waals surface area (Å²) in [5, 5.41) is 0. The molecule has 1 fully saturated rings. The third kappa shape index (κ3) is 5.84. The maximum absolute atomic E-state index is 12.2. The van der Waals surface area contributed by atoms with Gasteiger partial charge in [0, 0.05) is 18.4 Å². The third-order valence-electron chi connectivity index (χ3n) is 4.61. The van der Waals surface area contributed by atoms with Crippen molar-refractivity contribution in [3.8, 4) is 11.6 Å². The van der Waals surface area contributed by atoms with Crippen LogP contribution in [0.15, 0.2) is 39.6 Å². The molecule has 1 unspecified atom stereocenters. The monoisotopic (exact) mass is 435 g/mol. The van der Waals surface area contributed by atoms with E-state index >= 15 is 0 Å². The Bertz CT molecular complexity index is 782. The van der Waals surface area contributed by atoms with Crippen LogP contribution in [0.2, 0.25) is 0 Å². The maximum Gasteiger partial charge on any atom is 0.199 e. The van der Waals surface area contributed by atoms with Gasteiger partial charge >= 0.3 is 0 Å². The molecule has 0 saturated carbocycles. The number of pyridine rings is 1. The van der Waals surface area contributed by atoms with Crippen molar-refractivity contribution in [3.05, 3.63) is 56.3 Å². The van der Waals surface area contributed by atoms with Crippen LogP contribution in [0.3, 0.4) is 0 Å². The Kier molecular flexibility index (Phi) is 7.35. The largest absolute Gasteiger partial charge is 0.494 e. The molecule has 2 heterocycles. The average molecular weight is 436 g/mol. The van der Waals surface area contributed by atoms with Gasteiger partial charge in [-0.15, -0.1) is 0 Å². The van der Waals surface area contributed by atoms with Crippen LogP contribution in [-0.4, -0.2) is 30.9 Å². The molecule has 1 aliphatic rings. The summed E-state index contributed by atoms with van der Waals surface area (Å²) in [5.41, 5.74) is 1.96. The highest BCUT2D eigenvalue weighted by molar-refractivity contribution is 9.10. The first-order valence-corrected chi connectivity index (χ1v) is 10.3. The predicted octanol–water partition coefficient (Wildman–Crippen LogP) is 4.27. The summed E-state index contributed by atoms with van der Waals surface area (Å²) < 4.78 is 17.5. The van der Waals surface area contributed by atoms with Crippen LogP contribution in [0, 0.1) is 0 Å². The number of hydrogen-bond donors (Lipinski definition) is 1. The normalized spacial score (nSPS) is 16.9. The van der Waals surface area contributed by atoms with Crippen LogP contribution < -0.4 is 14.9 Å². The Morgan fingerprint density at radius 1 is 1.19 bits per heavy atom. The van der Waals surface area contributed by atoms with Gasteiger partial charge in [0.05, 0.1) is 17.2 Å². The van der Waals surface area contributed by atoms with Crippen LogP contribution in [0.4, 0.5) is 0 Å². The fourth-order valence-electron chi connectivity index (χ4n) is 3.13. The quantitative estimate of drug-likeness (QED) is 0.672. The van der Waals surface area contributed by atoms with Gasteiger partial charge in [-0.1, -0.05) is 12.1 Å². The minimum Gasteiger partial charge on any atom is -0.494 e. The topological polar surface area (TPSA) is 60.6 Å². The van der Waals surface area contributed by atoms with Gasteiger partial charge in [-0.25, -0.2) is 0 Å². The molecule has 3 rings (SSSR count). The highest BCUT2D eigenvalue weighted by Gasteiger charge is 2.15. The van der Waals surface area contributed by atoms with E-state index in [1.54, 1.807) is 0 Å². The van der Waals surface area contributed by atoms with Crippen LogP contribution in [0.25, 0.3) is 0 Å². The second kappa shape index (κ2) is 9.95. The molecule has 0 radical (unpaired) electrons. The van der Waals surface area contributed by atoms with E-state index in [-0.39, 0.29) is 11.5 Å². The van der Waals surface area contributed by atoms with Gasteiger partial charge in [-0.05, 0) is 72.7 Å². The number of benzene rings is 1. The van der Waals surface area contributed by atoms with Crippen LogP contribution in [0.5, 0.6) is 11.6 Å². The molecule has 6 heteroatoms. The fourth-order valence-corrected chi connectivity index (χ4v) is 3.54. The fraction of sp³-hybridized carbons (Fsp3) is 0.476. The molecule has 5 nitrogen and oxygen atoms in total. The summed E-state index contributed by atoms with van der Waals surface area (Å²) in [6.45, 7) is 3.89. The summed E-state index contributed by atoms with van der Waals surface area (Å²) in [4.78, 5) is 15.5. The SMILES string of the molecule is CCOc1ccc(CCc2[nH]c(OCC3CCCCO3)cc(=O)c2Br)cc1. The smallest absolute Gasteiger partial charge is 0.199 e. The molecular formula is C21H26BrNO4. The Morgan fingerprint density at radius 2 is 2.00 bits per heavy atom. The van der Waals surface area contributed by atoms with Crippen molar-refractivity contribution in [1.29, 1.82) is 0 Å². The van der Waals surface area contributed by atoms with E-state index in [1.165, 1.54) is 11.6 Å². The number of aromatic nitrogens is 1. The van der Waals surface area contributed by atoms with Crippen molar-refractivity contribution < 1.29 is 14.2 Å². The molecule has 0 bridgehead atoms. The number of hydrogen-bond acceptors (Lipinski definition) is 4. The Morgan fingerprint density at radius 3 is 2.70 bits per heavy atom. The molecule has 1 aromatic carbocycles. The zero-order valence-corrected chi connectivity index (χ0v) is 17.2. The van der Waals surface area contributed by atoms with E-state index in [9.17, 15) is 4.79 Å². The molecule has 146 valence electrons. The van der Waals surface area contributed by atoms with Crippen molar-refractivity contribution in [2.24, 2.45) is 0 Å². The standard InChI is InChI=1S/C21H26BrNO4/c1-2-25-16-9-6-15(7-10-16)8-11-18-21(22)19(24)13-20(23-18)27-14-17-5-3-4-12-26-17/h6-7,9-10,13,17H,2-5,8,11-12,14H2,1H3,(H,23,24). The number of aromatic amines is 1. The number of nitrogens with one attached hydrogen (secondary N) is 1. The Balaban J connectivity index is 1.61. The van der Waals surface area contributed by atoms with Crippen LogP contribution in [-0.2, 0) is 17.6 Å². The van der Waals surface area contributed by atoms with Gasteiger partial charge in [-0.2, -0.15) is 0 Å². The van der Waals surface area contributed by atoms with Gasteiger partial charge in [0.1, 0.15) is 12.4 Å². The van der Waals surface area contributed by atoms with Gasteiger partial charge < -0.3 is 19.2 Å². The molecule has 1 aromatic heterocycles. The minimum absolute atomic E-state index is 0.0741. The van der Waals surface area contributed by atoms with Crippen molar-refractivity contribution in [1.82, 2.24) is 4.98 Å². The van der Waals surface area contributed by atoms with E-state index in [0.29, 0.717) is 30.0 Å². The number of aryl methyl sites for hydroxylation is 2. The predicted molar refractivity (Wildman–Crippen MR) is 109 cm³/mol. The lowest BCUT2D eigenvalue weighted by Crippen LogP contribution is -2.26. The summed E-state index contributed by atoms with van der Waals surface area (Å²) in [6, 6.07) is 9.55. The van der Waals surface area contributed by atoms with E-state index in [2.05, 4.69) is 33.0 Å². The summed E-state index contributed by atoms with van der Waals surface area (Å²) in [7, 11) is 0. The van der Waals surface area contributed by atoms with Gasteiger partial charge in [-0.3, -0.25) is 4.79 Å². The highest BCUT2D eigenvalue weighted by Crippen LogP contribution is 2.19. The Hall–Kier alpha value is -1.79. The molecule has 0 spiro atoms. The molecule has 1 saturated heterocycles. The van der Waals surface area contributed by atoms with Crippen molar-refractivity contribution in [2.45, 2.75) is 45.1 Å². The van der Waals surface area contributed by atoms with E-state index in [4.69, 9.17) is 14.2 Å². The molecule has 0 aliphatic carbocycles. The van der Waals surface area contributed by atoms with Crippen molar-refractivity contribution >= 4 is 15.9 Å². The molecular weight excluding hydrogens is 410 g/mol. The van der Waals surface area contributed by atoms with Crippen molar-refractivity contribution in [2.75, 3.05) is 19.8 Å². The van der Waals surface area contributed by atoms with Gasteiger partial charge in [0.15, 0.2) is 11.3 Å². The molecule has 2 aromatic rings. The average Bonchev–Trinajstić information content (AvgIpc) is 2.70. The van der Waals surface area contributed by atoms with E-state index in [0.717, 1.165) is 43.7 Å². The van der Waals surface area contributed by atoms with Crippen molar-refractivity contribution in [3.63, 3.8) is 0 Å². The lowest BCUT2D eigenvalue weighted by molar-refractivity contribution is -0.0120. The number of H-pyrrole nitrogens is 1. The summed E-state index contributed by atoms with van der Waals surface area (Å²) in [5.74, 6) is 1.37. The van der Waals surface area contributed by atoms with E-state index in [1.807, 2.05) is 19.1 Å². The van der Waals surface area contributed by atoms with Crippen LogP contribution in [0.1, 0.15) is 37.4 Å². The highest BCUT2D eigenvalue weighted by atomic mass is 79.9. The first-order chi connectivity index (χ1) is 13.2. The zero-order valence-electron chi connectivity index (χ0n) is 15.6. The van der Waals surface area contributed by atoms with Crippen LogP contribution >= 0.6 is 15.9 Å². The number of halogens is 1. The maximum atomic E-state index is 12.2. The number of ether oxygens (including phenoxy) is 3. The lowest BCUT2D eigenvalue weighted by atomic mass is 10.1. The second-order valence-electron chi connectivity index (χ2n) is 6.67. The van der Waals surface area contributed by atoms with E-state index < -0.39 is 0 Å². The van der Waals surface area contributed by atoms with Gasteiger partial charge in [0.2, 0.25) is 0 Å². The second-order valence-corrected chi connectivity index (χ2v) is 7.46. The molecule has 1 N–H and O–H groups in total. The molecule has 0 amide bonds. The Labute approximate surface area is 168 Å². The number of rotatable bonds is 8. The summed E-state index contributed by atoms with van der Waals surface area (Å²) in [6.07, 6.45) is 4.92. The zero-order chi connectivity index (χ0) is 19.1. The summed E-state index contributed by atoms with van der Waals surface area (Å²) >= 11 is 3.40. The lowest BCUT2D eigenvalue weighted by Gasteiger charge is -2.22. The third-order valence-corrected chi connectivity index (χ3v) is 5.48. The van der Waals surface area contributed by atoms with Gasteiger partial charge in [0.25, 0.3) is 0 Å². The first kappa shape index (κ1) is 20.0. The minimum atomic E-state index is -0.0741. The molecule has 1 aliphatic heterocycles. The molecule has 27 heavy (non-hydrogen) atoms. The molecule has 1 atom stereocenters. The first-order valence-electron chi connectivity index (χ1n) is 9.53.